The molecule has 5 heteroatoms. The molecule has 0 bridgehead atoms. The second kappa shape index (κ2) is 8.87. The summed E-state index contributed by atoms with van der Waals surface area (Å²) in [5.74, 6) is 0.298. The molecular weight excluding hydrogens is 317 g/mol. The molecule has 2 N–H and O–H groups in total. The Labute approximate surface area is 141 Å². The first-order valence-corrected chi connectivity index (χ1v) is 8.01. The van der Waals surface area contributed by atoms with Crippen molar-refractivity contribution in [2.24, 2.45) is 0 Å². The molecule has 0 fully saturated rings. The smallest absolute Gasteiger partial charge is 0.131 e. The van der Waals surface area contributed by atoms with Crippen LogP contribution in [0.1, 0.15) is 24.5 Å². The highest BCUT2D eigenvalue weighted by Gasteiger charge is 2.10. The molecule has 0 radical (unpaired) electrons. The van der Waals surface area contributed by atoms with Gasteiger partial charge in [-0.2, -0.15) is 0 Å². The molecule has 0 aromatic heterocycles. The van der Waals surface area contributed by atoms with Crippen LogP contribution in [0.15, 0.2) is 42.5 Å². The number of benzene rings is 2. The number of aliphatic hydroxyl groups excluding tert-OH is 1. The lowest BCUT2D eigenvalue weighted by Gasteiger charge is -2.17. The summed E-state index contributed by atoms with van der Waals surface area (Å²) in [7, 11) is 0. The van der Waals surface area contributed by atoms with E-state index in [1.54, 1.807) is 12.1 Å². The Morgan fingerprint density at radius 3 is 2.70 bits per heavy atom. The Kier molecular flexibility index (Phi) is 6.84. The molecule has 0 aliphatic carbocycles. The lowest BCUT2D eigenvalue weighted by Crippen LogP contribution is -2.31. The van der Waals surface area contributed by atoms with Crippen LogP contribution < -0.4 is 10.1 Å². The van der Waals surface area contributed by atoms with Gasteiger partial charge in [0.15, 0.2) is 0 Å². The molecule has 23 heavy (non-hydrogen) atoms. The zero-order chi connectivity index (χ0) is 16.7. The molecule has 0 unspecified atom stereocenters. The van der Waals surface area contributed by atoms with E-state index >= 15 is 0 Å². The van der Waals surface area contributed by atoms with Crippen molar-refractivity contribution in [2.75, 3.05) is 6.61 Å². The molecule has 2 rings (SSSR count). The lowest BCUT2D eigenvalue weighted by molar-refractivity contribution is 0.237. The van der Waals surface area contributed by atoms with E-state index in [0.29, 0.717) is 22.9 Å². The fourth-order valence-electron chi connectivity index (χ4n) is 2.20. The van der Waals surface area contributed by atoms with Crippen molar-refractivity contribution in [1.82, 2.24) is 5.32 Å². The van der Waals surface area contributed by atoms with E-state index in [1.165, 1.54) is 6.07 Å². The summed E-state index contributed by atoms with van der Waals surface area (Å²) in [6.07, 6.45) is 0.838. The summed E-state index contributed by atoms with van der Waals surface area (Å²) in [4.78, 5) is 0. The van der Waals surface area contributed by atoms with Crippen molar-refractivity contribution in [2.45, 2.75) is 32.5 Å². The standard InChI is InChI=1S/C18H21ClFNO2/c1-2-14(11-22)21-10-13-6-3-4-9-18(13)23-12-15-16(19)7-5-8-17(15)20/h3-9,14,21-22H,2,10-12H2,1H3/t14-/m1/s1. The maximum absolute atomic E-state index is 13.8. The number of para-hydroxylation sites is 1. The molecule has 2 aromatic carbocycles. The van der Waals surface area contributed by atoms with E-state index in [0.717, 1.165) is 12.0 Å². The first kappa shape index (κ1) is 17.7. The monoisotopic (exact) mass is 337 g/mol. The van der Waals surface area contributed by atoms with Crippen LogP contribution in [0.4, 0.5) is 4.39 Å². The molecule has 0 aliphatic rings. The van der Waals surface area contributed by atoms with Gasteiger partial charge in [-0.15, -0.1) is 0 Å². The first-order valence-electron chi connectivity index (χ1n) is 7.63. The highest BCUT2D eigenvalue weighted by molar-refractivity contribution is 6.31. The first-order chi connectivity index (χ1) is 11.2. The molecule has 0 aliphatic heterocycles. The predicted molar refractivity (Wildman–Crippen MR) is 90.2 cm³/mol. The van der Waals surface area contributed by atoms with Gasteiger partial charge in [0.2, 0.25) is 0 Å². The van der Waals surface area contributed by atoms with E-state index in [-0.39, 0.29) is 25.1 Å². The second-order valence-electron chi connectivity index (χ2n) is 5.27. The molecule has 0 heterocycles. The van der Waals surface area contributed by atoms with Crippen molar-refractivity contribution < 1.29 is 14.2 Å². The average Bonchev–Trinajstić information content (AvgIpc) is 2.56. The minimum Gasteiger partial charge on any atom is -0.488 e. The molecule has 0 spiro atoms. The number of halogens is 2. The molecule has 0 saturated heterocycles. The van der Waals surface area contributed by atoms with Gasteiger partial charge in [0.25, 0.3) is 0 Å². The fourth-order valence-corrected chi connectivity index (χ4v) is 2.42. The zero-order valence-electron chi connectivity index (χ0n) is 13.1. The maximum atomic E-state index is 13.8. The van der Waals surface area contributed by atoms with Crippen LogP contribution in [0.3, 0.4) is 0 Å². The Morgan fingerprint density at radius 1 is 1.22 bits per heavy atom. The summed E-state index contributed by atoms with van der Waals surface area (Å²) >= 11 is 6.02. The summed E-state index contributed by atoms with van der Waals surface area (Å²) in [5, 5.41) is 12.9. The predicted octanol–water partition coefficient (Wildman–Crippen LogP) is 3.92. The number of rotatable bonds is 8. The van der Waals surface area contributed by atoms with E-state index in [2.05, 4.69) is 5.32 Å². The third-order valence-corrected chi connectivity index (χ3v) is 4.05. The van der Waals surface area contributed by atoms with Crippen LogP contribution in [0.25, 0.3) is 0 Å². The lowest BCUT2D eigenvalue weighted by atomic mass is 10.1. The third-order valence-electron chi connectivity index (χ3n) is 3.70. The topological polar surface area (TPSA) is 41.5 Å². The van der Waals surface area contributed by atoms with E-state index in [9.17, 15) is 9.50 Å². The average molecular weight is 338 g/mol. The minimum atomic E-state index is -0.376. The summed E-state index contributed by atoms with van der Waals surface area (Å²) in [5.41, 5.74) is 1.30. The van der Waals surface area contributed by atoms with E-state index in [4.69, 9.17) is 16.3 Å². The van der Waals surface area contributed by atoms with Crippen LogP contribution in [0, 0.1) is 5.82 Å². The number of nitrogens with one attached hydrogen (secondary N) is 1. The summed E-state index contributed by atoms with van der Waals surface area (Å²) in [6, 6.07) is 12.2. The van der Waals surface area contributed by atoms with Gasteiger partial charge in [-0.3, -0.25) is 0 Å². The molecular formula is C18H21ClFNO2. The highest BCUT2D eigenvalue weighted by Crippen LogP contribution is 2.23. The van der Waals surface area contributed by atoms with E-state index in [1.807, 2.05) is 31.2 Å². The van der Waals surface area contributed by atoms with Gasteiger partial charge >= 0.3 is 0 Å². The maximum Gasteiger partial charge on any atom is 0.131 e. The van der Waals surface area contributed by atoms with Gasteiger partial charge in [-0.1, -0.05) is 42.8 Å². The minimum absolute atomic E-state index is 0.0454. The third kappa shape index (κ3) is 4.93. The normalized spacial score (nSPS) is 12.2. The van der Waals surface area contributed by atoms with Crippen molar-refractivity contribution in [3.8, 4) is 5.75 Å². The SMILES string of the molecule is CC[C@H](CO)NCc1ccccc1OCc1c(F)cccc1Cl. The van der Waals surface area contributed by atoms with Crippen molar-refractivity contribution in [3.05, 3.63) is 64.4 Å². The Hall–Kier alpha value is -1.62. The number of hydrogen-bond donors (Lipinski definition) is 2. The van der Waals surface area contributed by atoms with E-state index < -0.39 is 0 Å². The number of aliphatic hydroxyl groups is 1. The molecule has 0 saturated carbocycles. The van der Waals surface area contributed by atoms with Gasteiger partial charge in [0.05, 0.1) is 11.6 Å². The van der Waals surface area contributed by atoms with Crippen molar-refractivity contribution in [3.63, 3.8) is 0 Å². The van der Waals surface area contributed by atoms with Gasteiger partial charge in [-0.05, 0) is 24.6 Å². The van der Waals surface area contributed by atoms with Crippen LogP contribution in [0.2, 0.25) is 5.02 Å². The van der Waals surface area contributed by atoms with Crippen LogP contribution in [-0.2, 0) is 13.2 Å². The molecule has 1 atom stereocenters. The fraction of sp³-hybridized carbons (Fsp3) is 0.333. The molecule has 124 valence electrons. The summed E-state index contributed by atoms with van der Waals surface area (Å²) < 4.78 is 19.6. The summed E-state index contributed by atoms with van der Waals surface area (Å²) in [6.45, 7) is 2.74. The highest BCUT2D eigenvalue weighted by atomic mass is 35.5. The van der Waals surface area contributed by atoms with Gasteiger partial charge < -0.3 is 15.2 Å². The van der Waals surface area contributed by atoms with Crippen molar-refractivity contribution >= 4 is 11.6 Å². The molecule has 2 aromatic rings. The quantitative estimate of drug-likeness (QED) is 0.767. The van der Waals surface area contributed by atoms with Gasteiger partial charge in [0, 0.05) is 23.7 Å². The van der Waals surface area contributed by atoms with Crippen LogP contribution in [-0.4, -0.2) is 17.8 Å². The Bertz CT molecular complexity index is 612. The molecule has 0 amide bonds. The van der Waals surface area contributed by atoms with Crippen LogP contribution in [0.5, 0.6) is 5.75 Å². The Morgan fingerprint density at radius 2 is 2.00 bits per heavy atom. The number of hydrogen-bond acceptors (Lipinski definition) is 3. The molecule has 3 nitrogen and oxygen atoms in total. The largest absolute Gasteiger partial charge is 0.488 e. The van der Waals surface area contributed by atoms with Gasteiger partial charge in [-0.25, -0.2) is 4.39 Å². The van der Waals surface area contributed by atoms with Crippen molar-refractivity contribution in [1.29, 1.82) is 0 Å². The zero-order valence-corrected chi connectivity index (χ0v) is 13.8. The van der Waals surface area contributed by atoms with Gasteiger partial charge in [0.1, 0.15) is 18.2 Å². The Balaban J connectivity index is 2.05. The number of ether oxygens (including phenoxy) is 1. The van der Waals surface area contributed by atoms with Crippen LogP contribution >= 0.6 is 11.6 Å². The second-order valence-corrected chi connectivity index (χ2v) is 5.67.